The number of hydrogen-bond donors (Lipinski definition) is 1. The van der Waals surface area contributed by atoms with Crippen molar-refractivity contribution in [2.24, 2.45) is 0 Å². The second kappa shape index (κ2) is 5.05. The maximum absolute atomic E-state index is 4.34. The minimum absolute atomic E-state index is 1.04. The molecular formula is C17H16N4. The van der Waals surface area contributed by atoms with Crippen LogP contribution in [0.1, 0.15) is 12.0 Å². The quantitative estimate of drug-likeness (QED) is 0.781. The van der Waals surface area contributed by atoms with E-state index in [0.29, 0.717) is 0 Å². The average Bonchev–Trinajstić information content (AvgIpc) is 3.04. The van der Waals surface area contributed by atoms with Gasteiger partial charge in [-0.25, -0.2) is 4.98 Å². The van der Waals surface area contributed by atoms with Crippen molar-refractivity contribution < 1.29 is 0 Å². The lowest BCUT2D eigenvalue weighted by Gasteiger charge is -2.21. The highest BCUT2D eigenvalue weighted by Gasteiger charge is 2.16. The summed E-state index contributed by atoms with van der Waals surface area (Å²) in [7, 11) is 0. The molecule has 4 nitrogen and oxygen atoms in total. The van der Waals surface area contributed by atoms with Gasteiger partial charge >= 0.3 is 0 Å². The van der Waals surface area contributed by atoms with Gasteiger partial charge in [-0.15, -0.1) is 0 Å². The van der Waals surface area contributed by atoms with E-state index in [1.54, 1.807) is 12.4 Å². The smallest absolute Gasteiger partial charge is 0.0997 e. The third-order valence-electron chi connectivity index (χ3n) is 3.93. The van der Waals surface area contributed by atoms with Crippen LogP contribution < -0.4 is 5.32 Å². The largest absolute Gasteiger partial charge is 0.384 e. The van der Waals surface area contributed by atoms with E-state index >= 15 is 0 Å². The molecule has 1 N–H and O–H groups in total. The number of pyridine rings is 1. The molecule has 0 fully saturated rings. The zero-order valence-corrected chi connectivity index (χ0v) is 11.7. The number of hydrogen-bond acceptors (Lipinski definition) is 3. The predicted molar refractivity (Wildman–Crippen MR) is 83.6 cm³/mol. The van der Waals surface area contributed by atoms with Crippen LogP contribution in [0, 0.1) is 0 Å². The summed E-state index contributed by atoms with van der Waals surface area (Å²) in [4.78, 5) is 8.42. The highest BCUT2D eigenvalue weighted by atomic mass is 15.1. The van der Waals surface area contributed by atoms with Crippen molar-refractivity contribution in [3.05, 3.63) is 60.8 Å². The van der Waals surface area contributed by atoms with Gasteiger partial charge in [0, 0.05) is 30.2 Å². The lowest BCUT2D eigenvalue weighted by Crippen LogP contribution is -2.13. The monoisotopic (exact) mass is 276 g/mol. The summed E-state index contributed by atoms with van der Waals surface area (Å²) in [6, 6.07) is 10.5. The Morgan fingerprint density at radius 2 is 1.95 bits per heavy atom. The molecule has 0 spiro atoms. The number of imidazole rings is 1. The first-order valence-corrected chi connectivity index (χ1v) is 7.22. The number of aromatic nitrogens is 3. The minimum atomic E-state index is 1.04. The van der Waals surface area contributed by atoms with E-state index < -0.39 is 0 Å². The van der Waals surface area contributed by atoms with Gasteiger partial charge in [-0.1, -0.05) is 18.2 Å². The number of rotatable bonds is 2. The normalized spacial score (nSPS) is 13.5. The molecule has 104 valence electrons. The molecule has 0 atom stereocenters. The SMILES string of the molecule is c1cc2c(c(-c3cncn3-c3ccncc3)c1)NCCC2. The number of nitrogens with one attached hydrogen (secondary N) is 1. The van der Waals surface area contributed by atoms with Gasteiger partial charge in [0.2, 0.25) is 0 Å². The molecule has 3 heterocycles. The molecule has 3 aromatic rings. The van der Waals surface area contributed by atoms with Gasteiger partial charge in [0.15, 0.2) is 0 Å². The van der Waals surface area contributed by atoms with Crippen LogP contribution in [0.25, 0.3) is 16.9 Å². The second-order valence-electron chi connectivity index (χ2n) is 5.22. The van der Waals surface area contributed by atoms with Crippen LogP contribution in [0.15, 0.2) is 55.2 Å². The third kappa shape index (κ3) is 2.09. The summed E-state index contributed by atoms with van der Waals surface area (Å²) in [6.45, 7) is 1.04. The van der Waals surface area contributed by atoms with E-state index in [4.69, 9.17) is 0 Å². The Morgan fingerprint density at radius 1 is 1.05 bits per heavy atom. The summed E-state index contributed by atoms with van der Waals surface area (Å²) in [5.41, 5.74) is 6.03. The van der Waals surface area contributed by atoms with E-state index in [0.717, 1.165) is 24.3 Å². The maximum atomic E-state index is 4.34. The van der Waals surface area contributed by atoms with Gasteiger partial charge in [0.05, 0.1) is 23.9 Å². The topological polar surface area (TPSA) is 42.7 Å². The Bertz CT molecular complexity index is 761. The fraction of sp³-hybridized carbons (Fsp3) is 0.176. The van der Waals surface area contributed by atoms with Crippen LogP contribution in [-0.2, 0) is 6.42 Å². The predicted octanol–water partition coefficient (Wildman–Crippen LogP) is 3.29. The second-order valence-corrected chi connectivity index (χ2v) is 5.22. The Morgan fingerprint density at radius 3 is 2.86 bits per heavy atom. The lowest BCUT2D eigenvalue weighted by atomic mass is 9.98. The fourth-order valence-corrected chi connectivity index (χ4v) is 2.93. The molecule has 0 amide bonds. The molecular weight excluding hydrogens is 260 g/mol. The van der Waals surface area contributed by atoms with Crippen molar-refractivity contribution in [3.63, 3.8) is 0 Å². The third-order valence-corrected chi connectivity index (χ3v) is 3.93. The van der Waals surface area contributed by atoms with Crippen molar-refractivity contribution in [2.45, 2.75) is 12.8 Å². The van der Waals surface area contributed by atoms with Crippen molar-refractivity contribution >= 4 is 5.69 Å². The van der Waals surface area contributed by atoms with Gasteiger partial charge in [0.1, 0.15) is 0 Å². The Kier molecular flexibility index (Phi) is 2.92. The zero-order valence-electron chi connectivity index (χ0n) is 11.7. The van der Waals surface area contributed by atoms with Crippen LogP contribution in [0.4, 0.5) is 5.69 Å². The van der Waals surface area contributed by atoms with E-state index in [9.17, 15) is 0 Å². The number of anilines is 1. The van der Waals surface area contributed by atoms with Gasteiger partial charge in [-0.05, 0) is 30.5 Å². The highest BCUT2D eigenvalue weighted by Crippen LogP contribution is 2.34. The molecule has 1 aromatic carbocycles. The standard InChI is InChI=1S/C17H16N4/c1-3-13-4-2-8-20-17(13)15(5-1)16-11-19-12-21(16)14-6-9-18-10-7-14/h1,3,5-7,9-12,20H,2,4,8H2. The first kappa shape index (κ1) is 12.1. The van der Waals surface area contributed by atoms with Crippen LogP contribution in [0.5, 0.6) is 0 Å². The number of para-hydroxylation sites is 1. The summed E-state index contributed by atoms with van der Waals surface area (Å²) in [5, 5.41) is 3.54. The highest BCUT2D eigenvalue weighted by molar-refractivity contribution is 5.79. The van der Waals surface area contributed by atoms with Crippen molar-refractivity contribution in [1.82, 2.24) is 14.5 Å². The van der Waals surface area contributed by atoms with Crippen molar-refractivity contribution in [2.75, 3.05) is 11.9 Å². The first-order chi connectivity index (χ1) is 10.4. The van der Waals surface area contributed by atoms with Crippen molar-refractivity contribution in [1.29, 1.82) is 0 Å². The van der Waals surface area contributed by atoms with Crippen LogP contribution >= 0.6 is 0 Å². The number of nitrogens with zero attached hydrogens (tertiary/aromatic N) is 3. The van der Waals surface area contributed by atoms with Crippen LogP contribution in [0.3, 0.4) is 0 Å². The van der Waals surface area contributed by atoms with Gasteiger partial charge in [-0.2, -0.15) is 0 Å². The molecule has 0 bridgehead atoms. The summed E-state index contributed by atoms with van der Waals surface area (Å²) >= 11 is 0. The minimum Gasteiger partial charge on any atom is -0.384 e. The Balaban J connectivity index is 1.88. The molecule has 0 saturated carbocycles. The lowest BCUT2D eigenvalue weighted by molar-refractivity contribution is 0.830. The zero-order chi connectivity index (χ0) is 14.1. The van der Waals surface area contributed by atoms with E-state index in [1.165, 1.54) is 23.2 Å². The van der Waals surface area contributed by atoms with Crippen LogP contribution in [0.2, 0.25) is 0 Å². The van der Waals surface area contributed by atoms with Gasteiger partial charge < -0.3 is 5.32 Å². The molecule has 1 aliphatic heterocycles. The Labute approximate surface area is 123 Å². The molecule has 21 heavy (non-hydrogen) atoms. The van der Waals surface area contributed by atoms with Gasteiger partial charge in [-0.3, -0.25) is 9.55 Å². The molecule has 4 rings (SSSR count). The molecule has 0 radical (unpaired) electrons. The molecule has 4 heteroatoms. The van der Waals surface area contributed by atoms with Crippen LogP contribution in [-0.4, -0.2) is 21.1 Å². The molecule has 2 aromatic heterocycles. The number of fused-ring (bicyclic) bond motifs is 1. The maximum Gasteiger partial charge on any atom is 0.0997 e. The molecule has 1 aliphatic rings. The molecule has 0 aliphatic carbocycles. The van der Waals surface area contributed by atoms with E-state index in [1.807, 2.05) is 24.7 Å². The average molecular weight is 276 g/mol. The number of aryl methyl sites for hydroxylation is 1. The Hall–Kier alpha value is -2.62. The summed E-state index contributed by atoms with van der Waals surface area (Å²) in [6.07, 6.45) is 9.72. The molecule has 0 unspecified atom stereocenters. The van der Waals surface area contributed by atoms with Crippen molar-refractivity contribution in [3.8, 4) is 16.9 Å². The van der Waals surface area contributed by atoms with Gasteiger partial charge in [0.25, 0.3) is 0 Å². The first-order valence-electron chi connectivity index (χ1n) is 7.22. The summed E-state index contributed by atoms with van der Waals surface area (Å²) in [5.74, 6) is 0. The summed E-state index contributed by atoms with van der Waals surface area (Å²) < 4.78 is 2.10. The van der Waals surface area contributed by atoms with E-state index in [2.05, 4.69) is 38.1 Å². The van der Waals surface area contributed by atoms with E-state index in [-0.39, 0.29) is 0 Å². The fourth-order valence-electron chi connectivity index (χ4n) is 2.93. The number of benzene rings is 1. The molecule has 0 saturated heterocycles.